The fraction of sp³-hybridized carbons (Fsp3) is 0.400. The molecule has 104 valence electrons. The van der Waals surface area contributed by atoms with Gasteiger partial charge in [0.25, 0.3) is 5.69 Å². The second kappa shape index (κ2) is 5.07. The van der Waals surface area contributed by atoms with E-state index in [4.69, 9.17) is 0 Å². The molecule has 1 heterocycles. The molecule has 1 aliphatic rings. The van der Waals surface area contributed by atoms with Gasteiger partial charge >= 0.3 is 0 Å². The normalized spacial score (nSPS) is 16.1. The molecule has 20 heavy (non-hydrogen) atoms. The summed E-state index contributed by atoms with van der Waals surface area (Å²) in [5.41, 5.74) is 1.05. The minimum Gasteiger partial charge on any atom is -0.382 e. The number of rotatable bonds is 5. The maximum Gasteiger partial charge on any atom is 0.277 e. The van der Waals surface area contributed by atoms with E-state index in [0.717, 1.165) is 23.4 Å². The molecule has 1 aliphatic carbocycles. The largest absolute Gasteiger partial charge is 0.382 e. The minimum atomic E-state index is -0.347. The summed E-state index contributed by atoms with van der Waals surface area (Å²) in [6.45, 7) is 2.15. The van der Waals surface area contributed by atoms with Crippen LogP contribution in [0, 0.1) is 16.0 Å². The molecule has 0 radical (unpaired) electrons. The molecule has 5 nitrogen and oxygen atoms in total. The van der Waals surface area contributed by atoms with Gasteiger partial charge in [0, 0.05) is 35.6 Å². The molecule has 0 spiro atoms. The molecule has 1 N–H and O–H groups in total. The third-order valence-corrected chi connectivity index (χ3v) is 3.78. The van der Waals surface area contributed by atoms with E-state index in [1.165, 1.54) is 12.8 Å². The van der Waals surface area contributed by atoms with Crippen molar-refractivity contribution in [3.63, 3.8) is 0 Å². The minimum absolute atomic E-state index is 0.128. The number of non-ortho nitro benzene ring substituents is 1. The van der Waals surface area contributed by atoms with Gasteiger partial charge in [-0.1, -0.05) is 12.8 Å². The van der Waals surface area contributed by atoms with Gasteiger partial charge < -0.3 is 5.32 Å². The van der Waals surface area contributed by atoms with Gasteiger partial charge in [0.2, 0.25) is 0 Å². The van der Waals surface area contributed by atoms with E-state index in [0.29, 0.717) is 11.4 Å². The molecular weight excluding hydrogens is 254 g/mol. The topological polar surface area (TPSA) is 68.1 Å². The molecule has 0 bridgehead atoms. The van der Waals surface area contributed by atoms with Gasteiger partial charge in [-0.15, -0.1) is 0 Å². The van der Waals surface area contributed by atoms with Crippen LogP contribution in [0.2, 0.25) is 0 Å². The van der Waals surface area contributed by atoms with E-state index in [-0.39, 0.29) is 10.6 Å². The van der Waals surface area contributed by atoms with Crippen molar-refractivity contribution < 1.29 is 4.92 Å². The lowest BCUT2D eigenvalue weighted by molar-refractivity contribution is -0.383. The molecule has 0 saturated heterocycles. The number of nitro benzene ring substituents is 1. The molecule has 0 aliphatic heterocycles. The third-order valence-electron chi connectivity index (χ3n) is 3.78. The molecule has 1 unspecified atom stereocenters. The van der Waals surface area contributed by atoms with E-state index in [1.54, 1.807) is 30.6 Å². The average Bonchev–Trinajstić information content (AvgIpc) is 3.22. The zero-order valence-corrected chi connectivity index (χ0v) is 11.4. The Morgan fingerprint density at radius 3 is 2.90 bits per heavy atom. The molecule has 1 saturated carbocycles. The predicted octanol–water partition coefficient (Wildman–Crippen LogP) is 3.74. The molecule has 3 rings (SSSR count). The van der Waals surface area contributed by atoms with Crippen LogP contribution in [0.3, 0.4) is 0 Å². The van der Waals surface area contributed by atoms with Gasteiger partial charge in [-0.3, -0.25) is 15.1 Å². The summed E-state index contributed by atoms with van der Waals surface area (Å²) in [6, 6.07) is 5.41. The van der Waals surface area contributed by atoms with E-state index in [2.05, 4.69) is 17.2 Å². The number of aromatic nitrogens is 1. The quantitative estimate of drug-likeness (QED) is 0.664. The molecule has 5 heteroatoms. The highest BCUT2D eigenvalue weighted by Gasteiger charge is 2.24. The van der Waals surface area contributed by atoms with Gasteiger partial charge in [0.05, 0.1) is 10.3 Å². The van der Waals surface area contributed by atoms with Crippen LogP contribution in [0.15, 0.2) is 30.6 Å². The Balaban J connectivity index is 1.94. The van der Waals surface area contributed by atoms with Gasteiger partial charge in [-0.2, -0.15) is 0 Å². The Morgan fingerprint density at radius 2 is 2.20 bits per heavy atom. The Morgan fingerprint density at radius 1 is 1.40 bits per heavy atom. The summed E-state index contributed by atoms with van der Waals surface area (Å²) >= 11 is 0. The molecule has 1 fully saturated rings. The van der Waals surface area contributed by atoms with Crippen molar-refractivity contribution in [2.45, 2.75) is 32.2 Å². The summed E-state index contributed by atoms with van der Waals surface area (Å²) in [4.78, 5) is 14.8. The summed E-state index contributed by atoms with van der Waals surface area (Å²) in [5.74, 6) is 0.847. The Kier molecular flexibility index (Phi) is 3.26. The third kappa shape index (κ3) is 2.57. The average molecular weight is 271 g/mol. The number of hydrogen-bond acceptors (Lipinski definition) is 4. The number of pyridine rings is 1. The lowest BCUT2D eigenvalue weighted by atomic mass is 10.1. The zero-order chi connectivity index (χ0) is 14.1. The molecular formula is C15H17N3O2. The monoisotopic (exact) mass is 271 g/mol. The van der Waals surface area contributed by atoms with Crippen LogP contribution >= 0.6 is 0 Å². The van der Waals surface area contributed by atoms with E-state index in [1.807, 2.05) is 0 Å². The van der Waals surface area contributed by atoms with Crippen molar-refractivity contribution in [1.29, 1.82) is 0 Å². The highest BCUT2D eigenvalue weighted by molar-refractivity contribution is 5.99. The van der Waals surface area contributed by atoms with Crippen molar-refractivity contribution >= 4 is 22.1 Å². The van der Waals surface area contributed by atoms with Crippen molar-refractivity contribution in [3.8, 4) is 0 Å². The molecule has 0 amide bonds. The number of fused-ring (bicyclic) bond motifs is 1. The highest BCUT2D eigenvalue weighted by Crippen LogP contribution is 2.35. The van der Waals surface area contributed by atoms with Gasteiger partial charge in [0.15, 0.2) is 0 Å². The summed E-state index contributed by atoms with van der Waals surface area (Å²) in [5, 5.41) is 16.0. The number of hydrogen-bond donors (Lipinski definition) is 1. The maximum atomic E-state index is 11.1. The second-order valence-corrected chi connectivity index (χ2v) is 5.54. The van der Waals surface area contributed by atoms with E-state index >= 15 is 0 Å². The van der Waals surface area contributed by atoms with Crippen LogP contribution in [0.5, 0.6) is 0 Å². The van der Waals surface area contributed by atoms with Crippen LogP contribution in [0.1, 0.15) is 26.2 Å². The van der Waals surface area contributed by atoms with Gasteiger partial charge in [-0.05, 0) is 31.4 Å². The molecule has 1 atom stereocenters. The van der Waals surface area contributed by atoms with Crippen LogP contribution < -0.4 is 5.32 Å². The number of anilines is 1. The van der Waals surface area contributed by atoms with Crippen LogP contribution in [-0.2, 0) is 0 Å². The smallest absolute Gasteiger partial charge is 0.277 e. The Bertz CT molecular complexity index is 653. The van der Waals surface area contributed by atoms with Gasteiger partial charge in [-0.25, -0.2) is 0 Å². The standard InChI is InChI=1S/C15H17N3O2/c1-10(8-11-2-3-11)17-14-4-5-15(18(19)20)12-6-7-16-9-13(12)14/h4-7,9-11,17H,2-3,8H2,1H3. The Hall–Kier alpha value is -2.17. The predicted molar refractivity (Wildman–Crippen MR) is 78.8 cm³/mol. The number of benzene rings is 1. The first-order valence-corrected chi connectivity index (χ1v) is 6.93. The van der Waals surface area contributed by atoms with Crippen molar-refractivity contribution in [2.24, 2.45) is 5.92 Å². The van der Waals surface area contributed by atoms with Crippen LogP contribution in [0.25, 0.3) is 10.8 Å². The van der Waals surface area contributed by atoms with Crippen molar-refractivity contribution in [3.05, 3.63) is 40.7 Å². The second-order valence-electron chi connectivity index (χ2n) is 5.54. The van der Waals surface area contributed by atoms with Crippen LogP contribution in [0.4, 0.5) is 11.4 Å². The summed E-state index contributed by atoms with van der Waals surface area (Å²) < 4.78 is 0. The van der Waals surface area contributed by atoms with Crippen molar-refractivity contribution in [1.82, 2.24) is 4.98 Å². The van der Waals surface area contributed by atoms with Crippen LogP contribution in [-0.4, -0.2) is 15.9 Å². The maximum absolute atomic E-state index is 11.1. The first-order chi connectivity index (χ1) is 9.65. The van der Waals surface area contributed by atoms with Crippen molar-refractivity contribution in [2.75, 3.05) is 5.32 Å². The Labute approximate surface area is 117 Å². The molecule has 1 aromatic heterocycles. The van der Waals surface area contributed by atoms with E-state index < -0.39 is 0 Å². The highest BCUT2D eigenvalue weighted by atomic mass is 16.6. The fourth-order valence-corrected chi connectivity index (χ4v) is 2.64. The first kappa shape index (κ1) is 12.8. The SMILES string of the molecule is CC(CC1CC1)Nc1ccc([N+](=O)[O-])c2ccncc12. The number of nitrogens with zero attached hydrogens (tertiary/aromatic N) is 2. The first-order valence-electron chi connectivity index (χ1n) is 6.93. The fourth-order valence-electron chi connectivity index (χ4n) is 2.64. The molecule has 2 aromatic rings. The van der Waals surface area contributed by atoms with E-state index in [9.17, 15) is 10.1 Å². The lowest BCUT2D eigenvalue weighted by Crippen LogP contribution is -2.16. The zero-order valence-electron chi connectivity index (χ0n) is 11.4. The summed E-state index contributed by atoms with van der Waals surface area (Å²) in [6.07, 6.45) is 7.09. The summed E-state index contributed by atoms with van der Waals surface area (Å²) in [7, 11) is 0. The lowest BCUT2D eigenvalue weighted by Gasteiger charge is -2.16. The number of nitrogens with one attached hydrogen (secondary N) is 1. The molecule has 1 aromatic carbocycles. The van der Waals surface area contributed by atoms with Gasteiger partial charge in [0.1, 0.15) is 0 Å². The number of nitro groups is 1.